The lowest BCUT2D eigenvalue weighted by Crippen LogP contribution is -1.95. The average molecular weight is 265 g/mol. The van der Waals surface area contributed by atoms with Gasteiger partial charge in [0.25, 0.3) is 0 Å². The summed E-state index contributed by atoms with van der Waals surface area (Å²) in [5.74, 6) is 0. The number of halogens is 1. The third-order valence-corrected chi connectivity index (χ3v) is 2.74. The molecule has 0 aliphatic rings. The van der Waals surface area contributed by atoms with Gasteiger partial charge in [-0.3, -0.25) is 9.48 Å². The number of hydrogen-bond acceptors (Lipinski definition) is 2. The molecule has 2 rings (SSSR count). The summed E-state index contributed by atoms with van der Waals surface area (Å²) in [4.78, 5) is 10.8. The molecule has 0 saturated heterocycles. The number of aryl methyl sites for hydroxylation is 1. The Kier molecular flexibility index (Phi) is 2.68. The number of nitrogens with zero attached hydrogens (tertiary/aromatic N) is 2. The van der Waals surface area contributed by atoms with Gasteiger partial charge >= 0.3 is 0 Å². The third kappa shape index (κ3) is 1.85. The van der Waals surface area contributed by atoms with Crippen LogP contribution < -0.4 is 0 Å². The Hall–Kier alpha value is -1.42. The van der Waals surface area contributed by atoms with Crippen molar-refractivity contribution < 1.29 is 4.79 Å². The van der Waals surface area contributed by atoms with Gasteiger partial charge in [-0.15, -0.1) is 0 Å². The molecule has 1 aromatic heterocycles. The van der Waals surface area contributed by atoms with Crippen LogP contribution in [0.15, 0.2) is 34.9 Å². The van der Waals surface area contributed by atoms with Crippen LogP contribution >= 0.6 is 15.9 Å². The summed E-state index contributed by atoms with van der Waals surface area (Å²) in [5.41, 5.74) is 2.44. The van der Waals surface area contributed by atoms with Crippen molar-refractivity contribution in [3.63, 3.8) is 0 Å². The fraction of sp³-hybridized carbons (Fsp3) is 0.0909. The Morgan fingerprint density at radius 3 is 2.60 bits per heavy atom. The second-order valence-corrected chi connectivity index (χ2v) is 4.11. The van der Waals surface area contributed by atoms with Gasteiger partial charge in [0.15, 0.2) is 6.29 Å². The Bertz CT molecular complexity index is 488. The van der Waals surface area contributed by atoms with Gasteiger partial charge in [-0.25, -0.2) is 0 Å². The molecule has 0 aliphatic heterocycles. The molecule has 0 amide bonds. The zero-order chi connectivity index (χ0) is 10.8. The Labute approximate surface area is 95.9 Å². The maximum absolute atomic E-state index is 10.8. The molecule has 0 bridgehead atoms. The monoisotopic (exact) mass is 264 g/mol. The van der Waals surface area contributed by atoms with Crippen molar-refractivity contribution in [2.75, 3.05) is 0 Å². The molecule has 4 heteroatoms. The first kappa shape index (κ1) is 10.1. The van der Waals surface area contributed by atoms with Crippen LogP contribution in [0.25, 0.3) is 11.3 Å². The molecule has 0 unspecified atom stereocenters. The molecule has 0 saturated carbocycles. The molecule has 0 atom stereocenters. The standard InChI is InChI=1S/C11H9BrN2O/c1-14-11(9(7-15)6-13-14)8-2-4-10(12)5-3-8/h2-7H,1H3. The number of rotatable bonds is 2. The Morgan fingerprint density at radius 2 is 2.00 bits per heavy atom. The van der Waals surface area contributed by atoms with Crippen molar-refractivity contribution in [3.8, 4) is 11.3 Å². The van der Waals surface area contributed by atoms with Gasteiger partial charge in [-0.05, 0) is 12.1 Å². The molecule has 3 nitrogen and oxygen atoms in total. The lowest BCUT2D eigenvalue weighted by atomic mass is 10.1. The predicted molar refractivity (Wildman–Crippen MR) is 61.7 cm³/mol. The second-order valence-electron chi connectivity index (χ2n) is 3.20. The minimum absolute atomic E-state index is 0.611. The highest BCUT2D eigenvalue weighted by Gasteiger charge is 2.09. The second kappa shape index (κ2) is 3.98. The zero-order valence-corrected chi connectivity index (χ0v) is 9.73. The summed E-state index contributed by atoms with van der Waals surface area (Å²) in [5, 5.41) is 4.06. The summed E-state index contributed by atoms with van der Waals surface area (Å²) in [6.07, 6.45) is 2.40. The van der Waals surface area contributed by atoms with Crippen molar-refractivity contribution in [1.82, 2.24) is 9.78 Å². The zero-order valence-electron chi connectivity index (χ0n) is 8.14. The topological polar surface area (TPSA) is 34.9 Å². The lowest BCUT2D eigenvalue weighted by molar-refractivity contribution is 0.112. The summed E-state index contributed by atoms with van der Waals surface area (Å²) in [6, 6.07) is 7.79. The molecule has 1 heterocycles. The first-order chi connectivity index (χ1) is 7.22. The van der Waals surface area contributed by atoms with E-state index in [2.05, 4.69) is 21.0 Å². The Balaban J connectivity index is 2.57. The highest BCUT2D eigenvalue weighted by Crippen LogP contribution is 2.23. The minimum atomic E-state index is 0.611. The van der Waals surface area contributed by atoms with E-state index in [1.165, 1.54) is 0 Å². The van der Waals surface area contributed by atoms with Crippen LogP contribution in [0.2, 0.25) is 0 Å². The molecule has 1 aromatic carbocycles. The normalized spacial score (nSPS) is 10.3. The van der Waals surface area contributed by atoms with Gasteiger partial charge in [0.05, 0.1) is 17.5 Å². The van der Waals surface area contributed by atoms with Gasteiger partial charge in [0.1, 0.15) is 0 Å². The van der Waals surface area contributed by atoms with E-state index in [9.17, 15) is 4.79 Å². The molecule has 15 heavy (non-hydrogen) atoms. The lowest BCUT2D eigenvalue weighted by Gasteiger charge is -2.03. The average Bonchev–Trinajstić information content (AvgIpc) is 2.61. The number of aldehydes is 1. The van der Waals surface area contributed by atoms with Gasteiger partial charge in [0, 0.05) is 17.1 Å². The number of carbonyl (C=O) groups excluding carboxylic acids is 1. The predicted octanol–water partition coefficient (Wildman–Crippen LogP) is 2.66. The maximum atomic E-state index is 10.8. The fourth-order valence-electron chi connectivity index (χ4n) is 1.50. The van der Waals surface area contributed by atoms with E-state index in [-0.39, 0.29) is 0 Å². The van der Waals surface area contributed by atoms with E-state index in [1.807, 2.05) is 31.3 Å². The molecule has 0 radical (unpaired) electrons. The highest BCUT2D eigenvalue weighted by atomic mass is 79.9. The molecule has 2 aromatic rings. The van der Waals surface area contributed by atoms with Crippen LogP contribution in [0.3, 0.4) is 0 Å². The molecule has 0 aliphatic carbocycles. The Morgan fingerprint density at radius 1 is 1.33 bits per heavy atom. The van der Waals surface area contributed by atoms with Crippen LogP contribution in [0.5, 0.6) is 0 Å². The first-order valence-corrected chi connectivity index (χ1v) is 5.25. The molecule has 0 spiro atoms. The molecule has 76 valence electrons. The van der Waals surface area contributed by atoms with Crippen LogP contribution in [0.1, 0.15) is 10.4 Å². The van der Waals surface area contributed by atoms with E-state index in [0.29, 0.717) is 5.56 Å². The van der Waals surface area contributed by atoms with Gasteiger partial charge in [0.2, 0.25) is 0 Å². The molecule has 0 N–H and O–H groups in total. The number of benzene rings is 1. The molecule has 0 fully saturated rings. The van der Waals surface area contributed by atoms with Gasteiger partial charge in [-0.1, -0.05) is 28.1 Å². The van der Waals surface area contributed by atoms with Crippen LogP contribution in [0, 0.1) is 0 Å². The van der Waals surface area contributed by atoms with E-state index >= 15 is 0 Å². The van der Waals surface area contributed by atoms with Crippen LogP contribution in [-0.4, -0.2) is 16.1 Å². The largest absolute Gasteiger partial charge is 0.298 e. The van der Waals surface area contributed by atoms with Crippen molar-refractivity contribution in [1.29, 1.82) is 0 Å². The third-order valence-electron chi connectivity index (χ3n) is 2.21. The summed E-state index contributed by atoms with van der Waals surface area (Å²) >= 11 is 3.37. The smallest absolute Gasteiger partial charge is 0.153 e. The first-order valence-electron chi connectivity index (χ1n) is 4.45. The van der Waals surface area contributed by atoms with Crippen molar-refractivity contribution >= 4 is 22.2 Å². The van der Waals surface area contributed by atoms with E-state index < -0.39 is 0 Å². The van der Waals surface area contributed by atoms with Crippen molar-refractivity contribution in [3.05, 3.63) is 40.5 Å². The quantitative estimate of drug-likeness (QED) is 0.782. The van der Waals surface area contributed by atoms with E-state index in [4.69, 9.17) is 0 Å². The summed E-state index contributed by atoms with van der Waals surface area (Å²) in [7, 11) is 1.82. The van der Waals surface area contributed by atoms with Crippen molar-refractivity contribution in [2.24, 2.45) is 7.05 Å². The molecular weight excluding hydrogens is 256 g/mol. The SMILES string of the molecule is Cn1ncc(C=O)c1-c1ccc(Br)cc1. The van der Waals surface area contributed by atoms with Crippen LogP contribution in [-0.2, 0) is 7.05 Å². The van der Waals surface area contributed by atoms with E-state index in [1.54, 1.807) is 10.9 Å². The van der Waals surface area contributed by atoms with Gasteiger partial charge in [-0.2, -0.15) is 5.10 Å². The highest BCUT2D eigenvalue weighted by molar-refractivity contribution is 9.10. The number of carbonyl (C=O) groups is 1. The summed E-state index contributed by atoms with van der Waals surface area (Å²) < 4.78 is 2.72. The van der Waals surface area contributed by atoms with E-state index in [0.717, 1.165) is 22.0 Å². The van der Waals surface area contributed by atoms with Crippen LogP contribution in [0.4, 0.5) is 0 Å². The van der Waals surface area contributed by atoms with Gasteiger partial charge < -0.3 is 0 Å². The minimum Gasteiger partial charge on any atom is -0.298 e. The van der Waals surface area contributed by atoms with Crippen molar-refractivity contribution in [2.45, 2.75) is 0 Å². The summed E-state index contributed by atoms with van der Waals surface area (Å²) in [6.45, 7) is 0. The maximum Gasteiger partial charge on any atom is 0.153 e. The fourth-order valence-corrected chi connectivity index (χ4v) is 1.77. The number of aromatic nitrogens is 2. The number of hydrogen-bond donors (Lipinski definition) is 0. The molecular formula is C11H9BrN2O.